The third-order valence-corrected chi connectivity index (χ3v) is 4.52. The van der Waals surface area contributed by atoms with Gasteiger partial charge in [-0.1, -0.05) is 37.9 Å². The van der Waals surface area contributed by atoms with Gasteiger partial charge in [-0.3, -0.25) is 10.2 Å². The lowest BCUT2D eigenvalue weighted by molar-refractivity contribution is -0.135. The van der Waals surface area contributed by atoms with Crippen molar-refractivity contribution in [3.05, 3.63) is 0 Å². The Morgan fingerprint density at radius 1 is 1.16 bits per heavy atom. The highest BCUT2D eigenvalue weighted by molar-refractivity contribution is 7.80. The van der Waals surface area contributed by atoms with Crippen molar-refractivity contribution < 1.29 is 9.53 Å². The lowest BCUT2D eigenvalue weighted by Gasteiger charge is -2.34. The molecule has 19 heavy (non-hydrogen) atoms. The largest absolute Gasteiger partial charge is 0.392 e. The van der Waals surface area contributed by atoms with Gasteiger partial charge in [0.25, 0.3) is 0 Å². The van der Waals surface area contributed by atoms with Crippen LogP contribution in [0.3, 0.4) is 0 Å². The Labute approximate surface area is 119 Å². The normalized spacial score (nSPS) is 24.4. The Bertz CT molecular complexity index is 335. The monoisotopic (exact) mass is 285 g/mol. The molecule has 3 N–H and O–H groups in total. The van der Waals surface area contributed by atoms with Crippen LogP contribution in [-0.2, 0) is 9.53 Å². The van der Waals surface area contributed by atoms with Crippen molar-refractivity contribution in [3.8, 4) is 0 Å². The van der Waals surface area contributed by atoms with Crippen molar-refractivity contribution in [2.24, 2.45) is 11.1 Å². The van der Waals surface area contributed by atoms with E-state index in [1.165, 1.54) is 0 Å². The van der Waals surface area contributed by atoms with E-state index >= 15 is 0 Å². The molecule has 1 amide bonds. The highest BCUT2D eigenvalue weighted by Crippen LogP contribution is 2.35. The molecule has 2 rings (SSSR count). The van der Waals surface area contributed by atoms with Crippen LogP contribution in [0.25, 0.3) is 0 Å². The summed E-state index contributed by atoms with van der Waals surface area (Å²) in [6.45, 7) is 2.75. The number of hydrazine groups is 1. The number of amides is 1. The minimum atomic E-state index is -0.649. The maximum atomic E-state index is 12.6. The maximum Gasteiger partial charge on any atom is 0.247 e. The Kier molecular flexibility index (Phi) is 5.13. The fourth-order valence-electron chi connectivity index (χ4n) is 2.84. The first-order valence-corrected chi connectivity index (χ1v) is 7.50. The lowest BCUT2D eigenvalue weighted by Crippen LogP contribution is -2.56. The summed E-state index contributed by atoms with van der Waals surface area (Å²) < 4.78 is 5.28. The van der Waals surface area contributed by atoms with Crippen LogP contribution in [0.5, 0.6) is 0 Å². The number of ether oxygens (including phenoxy) is 1. The predicted molar refractivity (Wildman–Crippen MR) is 77.5 cm³/mol. The van der Waals surface area contributed by atoms with E-state index in [1.54, 1.807) is 0 Å². The van der Waals surface area contributed by atoms with Crippen molar-refractivity contribution in [2.75, 3.05) is 26.3 Å². The van der Waals surface area contributed by atoms with Crippen molar-refractivity contribution >= 4 is 23.1 Å². The number of nitrogens with zero attached hydrogens (tertiary/aromatic N) is 1. The Balaban J connectivity index is 2.04. The molecule has 0 aromatic rings. The SMILES string of the molecule is NC(=S)C1(C(=O)NN2CCOCC2)CCCCCC1. The van der Waals surface area contributed by atoms with E-state index in [0.29, 0.717) is 18.2 Å². The number of nitrogens with two attached hydrogens (primary N) is 1. The molecule has 0 bridgehead atoms. The van der Waals surface area contributed by atoms with Crippen LogP contribution in [0.2, 0.25) is 0 Å². The van der Waals surface area contributed by atoms with Gasteiger partial charge in [-0.2, -0.15) is 0 Å². The molecular formula is C13H23N3O2S. The highest BCUT2D eigenvalue weighted by Gasteiger charge is 2.42. The molecular weight excluding hydrogens is 262 g/mol. The van der Waals surface area contributed by atoms with Gasteiger partial charge in [0.1, 0.15) is 5.41 Å². The summed E-state index contributed by atoms with van der Waals surface area (Å²) in [6, 6.07) is 0. The van der Waals surface area contributed by atoms with Crippen LogP contribution in [0.4, 0.5) is 0 Å². The minimum absolute atomic E-state index is 0.0243. The van der Waals surface area contributed by atoms with Gasteiger partial charge in [-0.15, -0.1) is 0 Å². The van der Waals surface area contributed by atoms with Crippen molar-refractivity contribution in [1.29, 1.82) is 0 Å². The summed E-state index contributed by atoms with van der Waals surface area (Å²) in [6.07, 6.45) is 5.92. The molecule has 1 heterocycles. The summed E-state index contributed by atoms with van der Waals surface area (Å²) in [5.41, 5.74) is 8.24. The summed E-state index contributed by atoms with van der Waals surface area (Å²) in [4.78, 5) is 13.0. The zero-order valence-electron chi connectivity index (χ0n) is 11.3. The fourth-order valence-corrected chi connectivity index (χ4v) is 3.14. The number of hydrogen-bond donors (Lipinski definition) is 2. The first-order chi connectivity index (χ1) is 9.15. The molecule has 2 aliphatic rings. The number of carbonyl (C=O) groups excluding carboxylic acids is 1. The van der Waals surface area contributed by atoms with Crippen LogP contribution in [0.15, 0.2) is 0 Å². The molecule has 5 nitrogen and oxygen atoms in total. The molecule has 2 fully saturated rings. The smallest absolute Gasteiger partial charge is 0.247 e. The molecule has 0 atom stereocenters. The number of nitrogens with one attached hydrogen (secondary N) is 1. The molecule has 1 saturated carbocycles. The zero-order chi connectivity index (χ0) is 13.7. The Hall–Kier alpha value is -0.720. The average Bonchev–Trinajstić information content (AvgIpc) is 2.66. The van der Waals surface area contributed by atoms with E-state index in [0.717, 1.165) is 51.6 Å². The van der Waals surface area contributed by atoms with Gasteiger partial charge >= 0.3 is 0 Å². The molecule has 1 aliphatic carbocycles. The second-order valence-corrected chi connectivity index (χ2v) is 5.84. The zero-order valence-corrected chi connectivity index (χ0v) is 12.1. The lowest BCUT2D eigenvalue weighted by atomic mass is 9.79. The van der Waals surface area contributed by atoms with Gasteiger partial charge < -0.3 is 10.5 Å². The van der Waals surface area contributed by atoms with Gasteiger partial charge in [0, 0.05) is 13.1 Å². The van der Waals surface area contributed by atoms with Gasteiger partial charge in [0.15, 0.2) is 0 Å². The topological polar surface area (TPSA) is 67.6 Å². The second-order valence-electron chi connectivity index (χ2n) is 5.40. The summed E-state index contributed by atoms with van der Waals surface area (Å²) in [7, 11) is 0. The number of rotatable bonds is 3. The molecule has 1 aliphatic heterocycles. The van der Waals surface area contributed by atoms with Crippen LogP contribution in [-0.4, -0.2) is 42.2 Å². The molecule has 0 spiro atoms. The molecule has 0 unspecified atom stereocenters. The summed E-state index contributed by atoms with van der Waals surface area (Å²) >= 11 is 5.21. The predicted octanol–water partition coefficient (Wildman–Crippen LogP) is 0.976. The number of thiocarbonyl (C=S) groups is 1. The van der Waals surface area contributed by atoms with E-state index in [1.807, 2.05) is 5.01 Å². The molecule has 108 valence electrons. The van der Waals surface area contributed by atoms with Crippen molar-refractivity contribution in [3.63, 3.8) is 0 Å². The van der Waals surface area contributed by atoms with Crippen LogP contribution in [0.1, 0.15) is 38.5 Å². The van der Waals surface area contributed by atoms with E-state index in [2.05, 4.69) is 5.43 Å². The second kappa shape index (κ2) is 6.63. The standard InChI is InChI=1S/C13H23N3O2S/c14-11(19)13(5-3-1-2-4-6-13)12(17)15-16-7-9-18-10-8-16/h1-10H2,(H2,14,19)(H,15,17). The van der Waals surface area contributed by atoms with E-state index < -0.39 is 5.41 Å². The third-order valence-electron chi connectivity index (χ3n) is 4.13. The van der Waals surface area contributed by atoms with E-state index in [4.69, 9.17) is 22.7 Å². The van der Waals surface area contributed by atoms with Crippen LogP contribution < -0.4 is 11.2 Å². The van der Waals surface area contributed by atoms with Gasteiger partial charge in [0.2, 0.25) is 5.91 Å². The number of morpholine rings is 1. The van der Waals surface area contributed by atoms with Gasteiger partial charge in [-0.25, -0.2) is 5.01 Å². The van der Waals surface area contributed by atoms with Gasteiger partial charge in [0.05, 0.1) is 18.2 Å². The van der Waals surface area contributed by atoms with Crippen LogP contribution in [0, 0.1) is 5.41 Å². The van der Waals surface area contributed by atoms with Gasteiger partial charge in [-0.05, 0) is 12.8 Å². The first-order valence-electron chi connectivity index (χ1n) is 7.09. The summed E-state index contributed by atoms with van der Waals surface area (Å²) in [5.74, 6) is -0.0243. The molecule has 6 heteroatoms. The van der Waals surface area contributed by atoms with Crippen LogP contribution >= 0.6 is 12.2 Å². The number of carbonyl (C=O) groups is 1. The molecule has 1 saturated heterocycles. The maximum absolute atomic E-state index is 12.6. The molecule has 0 aromatic heterocycles. The minimum Gasteiger partial charge on any atom is -0.392 e. The molecule has 0 aromatic carbocycles. The molecule has 0 radical (unpaired) electrons. The van der Waals surface area contributed by atoms with Crippen molar-refractivity contribution in [1.82, 2.24) is 10.4 Å². The Morgan fingerprint density at radius 3 is 2.26 bits per heavy atom. The third kappa shape index (κ3) is 3.43. The summed E-state index contributed by atoms with van der Waals surface area (Å²) in [5, 5.41) is 1.91. The number of hydrogen-bond acceptors (Lipinski definition) is 4. The highest BCUT2D eigenvalue weighted by atomic mass is 32.1. The first kappa shape index (κ1) is 14.7. The Morgan fingerprint density at radius 2 is 1.74 bits per heavy atom. The van der Waals surface area contributed by atoms with E-state index in [-0.39, 0.29) is 5.91 Å². The fraction of sp³-hybridized carbons (Fsp3) is 0.846. The van der Waals surface area contributed by atoms with Crippen molar-refractivity contribution in [2.45, 2.75) is 38.5 Å². The average molecular weight is 285 g/mol. The quantitative estimate of drug-likeness (QED) is 0.597. The van der Waals surface area contributed by atoms with E-state index in [9.17, 15) is 4.79 Å².